The maximum Gasteiger partial charge on any atom is 0.156 e. The Kier molecular flexibility index (Phi) is 4.91. The normalized spacial score (nSPS) is 14.9. The smallest absolute Gasteiger partial charge is 0.156 e. The molecule has 0 aliphatic heterocycles. The van der Waals surface area contributed by atoms with Gasteiger partial charge in [0.2, 0.25) is 0 Å². The molecule has 102 valence electrons. The highest BCUT2D eigenvalue weighted by molar-refractivity contribution is 6.32. The molecular weight excluding hydrogens is 262 g/mol. The number of nitrogens with zero attached hydrogens (tertiary/aromatic N) is 2. The number of aryl methyl sites for hydroxylation is 1. The largest absolute Gasteiger partial charge is 0.369 e. The third-order valence-electron chi connectivity index (χ3n) is 3.25. The number of halogens is 1. The van der Waals surface area contributed by atoms with Crippen LogP contribution in [-0.4, -0.2) is 22.8 Å². The van der Waals surface area contributed by atoms with Gasteiger partial charge in [-0.05, 0) is 39.0 Å². The van der Waals surface area contributed by atoms with Gasteiger partial charge in [0.1, 0.15) is 16.8 Å². The Balaban J connectivity index is 1.99. The van der Waals surface area contributed by atoms with Crippen LogP contribution in [0.1, 0.15) is 48.3 Å². The predicted molar refractivity (Wildman–Crippen MR) is 76.8 cm³/mol. The monoisotopic (exact) mass is 279 g/mol. The predicted octanol–water partition coefficient (Wildman–Crippen LogP) is 3.55. The minimum Gasteiger partial charge on any atom is -0.369 e. The Bertz CT molecular complexity index is 500. The van der Waals surface area contributed by atoms with Gasteiger partial charge in [0.15, 0.2) is 6.29 Å². The summed E-state index contributed by atoms with van der Waals surface area (Å²) in [5.41, 5.74) is 1.83. The number of hydrogen-bond acceptors (Lipinski definition) is 4. The lowest BCUT2D eigenvalue weighted by molar-refractivity contribution is 0.112. The first-order chi connectivity index (χ1) is 9.20. The van der Waals surface area contributed by atoms with E-state index >= 15 is 0 Å². The summed E-state index contributed by atoms with van der Waals surface area (Å²) >= 11 is 5.93. The van der Waals surface area contributed by atoms with Crippen LogP contribution in [0.25, 0.3) is 0 Å². The maximum absolute atomic E-state index is 11.0. The molecular formula is C14H18ClN3O. The van der Waals surface area contributed by atoms with Crippen molar-refractivity contribution in [1.29, 1.82) is 0 Å². The highest BCUT2D eigenvalue weighted by atomic mass is 35.5. The van der Waals surface area contributed by atoms with E-state index in [1.807, 2.05) is 0 Å². The van der Waals surface area contributed by atoms with Crippen LogP contribution in [0.4, 0.5) is 5.82 Å². The van der Waals surface area contributed by atoms with Gasteiger partial charge in [-0.1, -0.05) is 23.3 Å². The number of allylic oxidation sites excluding steroid dienone is 1. The standard InChI is InChI=1S/C14H18ClN3O/c1-10-17-13(15)12(9-19)14(18-10)16-8-7-11-5-3-2-4-6-11/h5,9H,2-4,6-8H2,1H3,(H,16,17,18). The van der Waals surface area contributed by atoms with Gasteiger partial charge in [-0.3, -0.25) is 4.79 Å². The minimum atomic E-state index is 0.210. The maximum atomic E-state index is 11.0. The highest BCUT2D eigenvalue weighted by Crippen LogP contribution is 2.22. The van der Waals surface area contributed by atoms with Crippen LogP contribution < -0.4 is 5.32 Å². The molecule has 0 unspecified atom stereocenters. The molecule has 0 fully saturated rings. The molecule has 2 rings (SSSR count). The lowest BCUT2D eigenvalue weighted by Crippen LogP contribution is -2.10. The van der Waals surface area contributed by atoms with E-state index in [9.17, 15) is 4.79 Å². The Morgan fingerprint density at radius 1 is 1.42 bits per heavy atom. The first-order valence-corrected chi connectivity index (χ1v) is 6.99. The van der Waals surface area contributed by atoms with Crippen LogP contribution in [0, 0.1) is 6.92 Å². The summed E-state index contributed by atoms with van der Waals surface area (Å²) in [5.74, 6) is 1.10. The molecule has 0 aromatic carbocycles. The van der Waals surface area contributed by atoms with Gasteiger partial charge in [-0.2, -0.15) is 0 Å². The zero-order chi connectivity index (χ0) is 13.7. The molecule has 19 heavy (non-hydrogen) atoms. The number of carbonyl (C=O) groups is 1. The van der Waals surface area contributed by atoms with E-state index < -0.39 is 0 Å². The molecule has 0 radical (unpaired) electrons. The molecule has 0 atom stereocenters. The number of carbonyl (C=O) groups excluding carboxylic acids is 1. The summed E-state index contributed by atoms with van der Waals surface area (Å²) in [7, 11) is 0. The number of nitrogens with one attached hydrogen (secondary N) is 1. The van der Waals surface area contributed by atoms with Gasteiger partial charge in [0.25, 0.3) is 0 Å². The van der Waals surface area contributed by atoms with Gasteiger partial charge in [-0.25, -0.2) is 9.97 Å². The van der Waals surface area contributed by atoms with E-state index in [2.05, 4.69) is 21.4 Å². The Morgan fingerprint density at radius 3 is 2.95 bits per heavy atom. The Morgan fingerprint density at radius 2 is 2.26 bits per heavy atom. The second kappa shape index (κ2) is 6.66. The van der Waals surface area contributed by atoms with Crippen LogP contribution in [0.2, 0.25) is 5.15 Å². The Hall–Kier alpha value is -1.42. The number of hydrogen-bond donors (Lipinski definition) is 1. The van der Waals surface area contributed by atoms with Crippen molar-refractivity contribution in [1.82, 2.24) is 9.97 Å². The topological polar surface area (TPSA) is 54.9 Å². The van der Waals surface area contributed by atoms with Crippen molar-refractivity contribution in [3.63, 3.8) is 0 Å². The number of aldehydes is 1. The van der Waals surface area contributed by atoms with E-state index in [-0.39, 0.29) is 5.15 Å². The molecule has 1 aromatic rings. The van der Waals surface area contributed by atoms with Crippen molar-refractivity contribution in [2.75, 3.05) is 11.9 Å². The first-order valence-electron chi connectivity index (χ1n) is 6.62. The summed E-state index contributed by atoms with van der Waals surface area (Å²) < 4.78 is 0. The average Bonchev–Trinajstić information content (AvgIpc) is 2.39. The summed E-state index contributed by atoms with van der Waals surface area (Å²) in [5, 5.41) is 3.40. The SMILES string of the molecule is Cc1nc(Cl)c(C=O)c(NCCC2=CCCCC2)n1. The molecule has 0 saturated carbocycles. The number of aromatic nitrogens is 2. The summed E-state index contributed by atoms with van der Waals surface area (Å²) in [6.07, 6.45) is 8.96. The van der Waals surface area contributed by atoms with E-state index in [0.717, 1.165) is 13.0 Å². The van der Waals surface area contributed by atoms with Crippen LogP contribution in [0.5, 0.6) is 0 Å². The number of anilines is 1. The molecule has 0 amide bonds. The molecule has 1 heterocycles. The lowest BCUT2D eigenvalue weighted by Gasteiger charge is -2.14. The van der Waals surface area contributed by atoms with Gasteiger partial charge >= 0.3 is 0 Å². The molecule has 1 aliphatic rings. The van der Waals surface area contributed by atoms with E-state index in [4.69, 9.17) is 11.6 Å². The van der Waals surface area contributed by atoms with E-state index in [0.29, 0.717) is 23.5 Å². The van der Waals surface area contributed by atoms with Crippen LogP contribution in [0.15, 0.2) is 11.6 Å². The fraction of sp³-hybridized carbons (Fsp3) is 0.500. The molecule has 0 saturated heterocycles. The van der Waals surface area contributed by atoms with Crippen molar-refractivity contribution < 1.29 is 4.79 Å². The lowest BCUT2D eigenvalue weighted by atomic mass is 9.97. The molecule has 1 N–H and O–H groups in total. The second-order valence-corrected chi connectivity index (χ2v) is 5.08. The van der Waals surface area contributed by atoms with Crippen LogP contribution >= 0.6 is 11.6 Å². The quantitative estimate of drug-likeness (QED) is 0.509. The molecule has 5 heteroatoms. The first kappa shape index (κ1) is 14.0. The fourth-order valence-electron chi connectivity index (χ4n) is 2.26. The fourth-order valence-corrected chi connectivity index (χ4v) is 2.52. The third-order valence-corrected chi connectivity index (χ3v) is 3.54. The van der Waals surface area contributed by atoms with E-state index in [1.165, 1.54) is 31.3 Å². The van der Waals surface area contributed by atoms with Crippen molar-refractivity contribution in [2.24, 2.45) is 0 Å². The molecule has 1 aromatic heterocycles. The summed E-state index contributed by atoms with van der Waals surface area (Å²) in [6.45, 7) is 2.52. The minimum absolute atomic E-state index is 0.210. The van der Waals surface area contributed by atoms with Crippen LogP contribution in [0.3, 0.4) is 0 Å². The zero-order valence-electron chi connectivity index (χ0n) is 11.1. The average molecular weight is 280 g/mol. The number of rotatable bonds is 5. The zero-order valence-corrected chi connectivity index (χ0v) is 11.8. The van der Waals surface area contributed by atoms with Crippen molar-refractivity contribution >= 4 is 23.7 Å². The molecule has 0 spiro atoms. The van der Waals surface area contributed by atoms with Gasteiger partial charge in [0.05, 0.1) is 5.56 Å². The highest BCUT2D eigenvalue weighted by Gasteiger charge is 2.11. The molecule has 1 aliphatic carbocycles. The molecule has 4 nitrogen and oxygen atoms in total. The van der Waals surface area contributed by atoms with E-state index in [1.54, 1.807) is 6.92 Å². The van der Waals surface area contributed by atoms with Crippen molar-refractivity contribution in [3.8, 4) is 0 Å². The van der Waals surface area contributed by atoms with Gasteiger partial charge < -0.3 is 5.32 Å². The molecule has 0 bridgehead atoms. The second-order valence-electron chi connectivity index (χ2n) is 4.73. The van der Waals surface area contributed by atoms with Crippen molar-refractivity contribution in [2.45, 2.75) is 39.0 Å². The summed E-state index contributed by atoms with van der Waals surface area (Å²) in [4.78, 5) is 19.2. The third kappa shape index (κ3) is 3.77. The summed E-state index contributed by atoms with van der Waals surface area (Å²) in [6, 6.07) is 0. The van der Waals surface area contributed by atoms with Gasteiger partial charge in [0, 0.05) is 6.54 Å². The van der Waals surface area contributed by atoms with Crippen molar-refractivity contribution in [3.05, 3.63) is 28.2 Å². The van der Waals surface area contributed by atoms with Crippen LogP contribution in [-0.2, 0) is 0 Å². The van der Waals surface area contributed by atoms with Gasteiger partial charge in [-0.15, -0.1) is 0 Å². The Labute approximate surface area is 118 Å².